The molecule has 1 amide bonds. The molecule has 3 aromatic rings. The molecule has 6 rings (SSSR count). The minimum Gasteiger partial charge on any atom is -0.463 e. The van der Waals surface area contributed by atoms with Crippen molar-refractivity contribution in [2.45, 2.75) is 31.2 Å². The molecule has 2 bridgehead atoms. The number of hydrogen-bond acceptors (Lipinski definition) is 7. The average molecular weight is 584 g/mol. The van der Waals surface area contributed by atoms with Crippen LogP contribution in [0.15, 0.2) is 102 Å². The van der Waals surface area contributed by atoms with E-state index >= 15 is 0 Å². The molecule has 0 spiro atoms. The second-order valence-electron chi connectivity index (χ2n) is 10.7. The standard InChI is InChI=1S/C34H34FN3O5/c1-2-42-33(40)30-29(32(39)37-27-14-12-25(35)13-15-27)28-16-17-34(30,43-28)31(36-26-6-4-3-5-7-26)24-10-8-23(9-11-24)22-38-18-20-41-21-19-38/h3-17,28,31,36H,2,18-22H2,1H3,(H,37,39). The van der Waals surface area contributed by atoms with E-state index in [2.05, 4.69) is 27.7 Å². The summed E-state index contributed by atoms with van der Waals surface area (Å²) in [5, 5.41) is 6.38. The van der Waals surface area contributed by atoms with E-state index in [1.54, 1.807) is 13.0 Å². The lowest BCUT2D eigenvalue weighted by Crippen LogP contribution is -2.42. The Morgan fingerprint density at radius 2 is 1.72 bits per heavy atom. The van der Waals surface area contributed by atoms with Crippen molar-refractivity contribution in [2.75, 3.05) is 43.5 Å². The Bertz CT molecular complexity index is 1520. The average Bonchev–Trinajstić information content (AvgIpc) is 3.61. The van der Waals surface area contributed by atoms with Crippen molar-refractivity contribution in [1.82, 2.24) is 4.90 Å². The summed E-state index contributed by atoms with van der Waals surface area (Å²) in [5.74, 6) is -1.55. The van der Waals surface area contributed by atoms with Gasteiger partial charge in [-0.15, -0.1) is 0 Å². The van der Waals surface area contributed by atoms with Crippen molar-refractivity contribution < 1.29 is 28.2 Å². The zero-order chi connectivity index (χ0) is 29.8. The Morgan fingerprint density at radius 1 is 1.00 bits per heavy atom. The predicted molar refractivity (Wildman–Crippen MR) is 161 cm³/mol. The molecule has 0 aromatic heterocycles. The van der Waals surface area contributed by atoms with Gasteiger partial charge in [-0.05, 0) is 60.5 Å². The minimum atomic E-state index is -1.33. The van der Waals surface area contributed by atoms with E-state index in [4.69, 9.17) is 14.2 Å². The number of benzene rings is 3. The van der Waals surface area contributed by atoms with Crippen LogP contribution in [0.25, 0.3) is 0 Å². The van der Waals surface area contributed by atoms with Gasteiger partial charge in [0.15, 0.2) is 0 Å². The highest BCUT2D eigenvalue weighted by atomic mass is 19.1. The smallest absolute Gasteiger partial charge is 0.337 e. The van der Waals surface area contributed by atoms with Gasteiger partial charge < -0.3 is 24.8 Å². The van der Waals surface area contributed by atoms with Gasteiger partial charge >= 0.3 is 5.97 Å². The van der Waals surface area contributed by atoms with Crippen LogP contribution in [0.3, 0.4) is 0 Å². The minimum absolute atomic E-state index is 0.132. The largest absolute Gasteiger partial charge is 0.463 e. The van der Waals surface area contributed by atoms with Gasteiger partial charge in [0.1, 0.15) is 17.5 Å². The van der Waals surface area contributed by atoms with Crippen molar-refractivity contribution in [3.63, 3.8) is 0 Å². The normalized spacial score (nSPS) is 22.0. The van der Waals surface area contributed by atoms with Crippen molar-refractivity contribution in [3.05, 3.63) is 119 Å². The summed E-state index contributed by atoms with van der Waals surface area (Å²) in [6.07, 6.45) is 2.89. The fourth-order valence-electron chi connectivity index (χ4n) is 5.90. The maximum Gasteiger partial charge on any atom is 0.337 e. The predicted octanol–water partition coefficient (Wildman–Crippen LogP) is 5.02. The van der Waals surface area contributed by atoms with Crippen molar-refractivity contribution in [3.8, 4) is 0 Å². The highest BCUT2D eigenvalue weighted by Crippen LogP contribution is 2.51. The van der Waals surface area contributed by atoms with Crippen molar-refractivity contribution >= 4 is 23.3 Å². The zero-order valence-electron chi connectivity index (χ0n) is 23.9. The van der Waals surface area contributed by atoms with E-state index in [9.17, 15) is 14.0 Å². The number of rotatable bonds is 10. The van der Waals surface area contributed by atoms with E-state index in [0.717, 1.165) is 49.7 Å². The van der Waals surface area contributed by atoms with E-state index in [1.165, 1.54) is 24.3 Å². The lowest BCUT2D eigenvalue weighted by atomic mass is 9.78. The number of carbonyl (C=O) groups is 2. The van der Waals surface area contributed by atoms with Gasteiger partial charge in [0.2, 0.25) is 0 Å². The lowest BCUT2D eigenvalue weighted by molar-refractivity contribution is -0.140. The monoisotopic (exact) mass is 583 g/mol. The summed E-state index contributed by atoms with van der Waals surface area (Å²) in [7, 11) is 0. The molecular formula is C34H34FN3O5. The third-order valence-corrected chi connectivity index (χ3v) is 7.95. The van der Waals surface area contributed by atoms with Gasteiger partial charge in [0.25, 0.3) is 5.91 Å². The molecule has 1 saturated heterocycles. The molecule has 3 aliphatic heterocycles. The quantitative estimate of drug-likeness (QED) is 0.256. The number of para-hydroxylation sites is 1. The third kappa shape index (κ3) is 5.97. The summed E-state index contributed by atoms with van der Waals surface area (Å²) in [5.41, 5.74) is 2.26. The van der Waals surface area contributed by atoms with Crippen LogP contribution in [0.1, 0.15) is 24.1 Å². The van der Waals surface area contributed by atoms with E-state index in [-0.39, 0.29) is 17.8 Å². The molecule has 3 atom stereocenters. The molecule has 222 valence electrons. The van der Waals surface area contributed by atoms with Crippen LogP contribution in [-0.4, -0.2) is 61.4 Å². The third-order valence-electron chi connectivity index (χ3n) is 7.95. The number of hydrogen-bond donors (Lipinski definition) is 2. The maximum atomic E-state index is 13.7. The van der Waals surface area contributed by atoms with E-state index in [0.29, 0.717) is 5.69 Å². The van der Waals surface area contributed by atoms with Gasteiger partial charge in [-0.2, -0.15) is 0 Å². The summed E-state index contributed by atoms with van der Waals surface area (Å²) in [6, 6.07) is 22.8. The molecule has 0 aliphatic carbocycles. The first-order valence-electron chi connectivity index (χ1n) is 14.5. The first-order valence-corrected chi connectivity index (χ1v) is 14.5. The Hall–Kier alpha value is -4.31. The molecule has 3 aromatic carbocycles. The number of anilines is 2. The van der Waals surface area contributed by atoms with Crippen molar-refractivity contribution in [1.29, 1.82) is 0 Å². The summed E-state index contributed by atoms with van der Waals surface area (Å²) >= 11 is 0. The molecule has 3 unspecified atom stereocenters. The number of ether oxygens (including phenoxy) is 3. The van der Waals surface area contributed by atoms with Gasteiger partial charge in [-0.25, -0.2) is 9.18 Å². The molecule has 0 saturated carbocycles. The Kier molecular flexibility index (Phi) is 8.38. The number of morpholine rings is 1. The molecule has 9 heteroatoms. The molecule has 8 nitrogen and oxygen atoms in total. The topological polar surface area (TPSA) is 89.1 Å². The molecule has 2 N–H and O–H groups in total. The van der Waals surface area contributed by atoms with E-state index < -0.39 is 35.4 Å². The SMILES string of the molecule is CCOC(=O)C1=C(C(=O)Nc2ccc(F)cc2)C2C=CC1(C(Nc1ccccc1)c1ccc(CN3CCOCC3)cc1)O2. The fraction of sp³-hybridized carbons (Fsp3) is 0.294. The summed E-state index contributed by atoms with van der Waals surface area (Å²) < 4.78 is 31.1. The van der Waals surface area contributed by atoms with Gasteiger partial charge in [-0.3, -0.25) is 9.69 Å². The van der Waals surface area contributed by atoms with Crippen molar-refractivity contribution in [2.24, 2.45) is 0 Å². The first-order chi connectivity index (χ1) is 21.0. The van der Waals surface area contributed by atoms with Crippen LogP contribution in [0.4, 0.5) is 15.8 Å². The van der Waals surface area contributed by atoms with Gasteiger partial charge in [0.05, 0.1) is 37.0 Å². The number of esters is 1. The molecular weight excluding hydrogens is 549 g/mol. The van der Waals surface area contributed by atoms with Gasteiger partial charge in [0, 0.05) is 31.0 Å². The van der Waals surface area contributed by atoms with Gasteiger partial charge in [-0.1, -0.05) is 48.5 Å². The number of nitrogens with one attached hydrogen (secondary N) is 2. The Balaban J connectivity index is 1.39. The lowest BCUT2D eigenvalue weighted by Gasteiger charge is -2.36. The molecule has 43 heavy (non-hydrogen) atoms. The highest BCUT2D eigenvalue weighted by molar-refractivity contribution is 6.12. The number of carbonyl (C=O) groups excluding carboxylic acids is 2. The number of halogens is 1. The van der Waals surface area contributed by atoms with Crippen LogP contribution < -0.4 is 10.6 Å². The molecule has 3 aliphatic rings. The van der Waals surface area contributed by atoms with Crippen LogP contribution in [0.5, 0.6) is 0 Å². The maximum absolute atomic E-state index is 13.7. The zero-order valence-corrected chi connectivity index (χ0v) is 23.9. The van der Waals surface area contributed by atoms with Crippen LogP contribution in [0.2, 0.25) is 0 Å². The summed E-state index contributed by atoms with van der Waals surface area (Å²) in [6.45, 7) is 5.90. The van der Waals surface area contributed by atoms with Crippen LogP contribution in [-0.2, 0) is 30.3 Å². The summed E-state index contributed by atoms with van der Waals surface area (Å²) in [4.78, 5) is 29.7. The highest BCUT2D eigenvalue weighted by Gasteiger charge is 2.58. The second-order valence-corrected chi connectivity index (χ2v) is 10.7. The van der Waals surface area contributed by atoms with E-state index in [1.807, 2.05) is 48.5 Å². The molecule has 3 heterocycles. The number of fused-ring (bicyclic) bond motifs is 2. The number of nitrogens with zero attached hydrogens (tertiary/aromatic N) is 1. The number of amides is 1. The van der Waals surface area contributed by atoms with Crippen LogP contribution in [0, 0.1) is 5.82 Å². The first kappa shape index (κ1) is 28.8. The Morgan fingerprint density at radius 3 is 2.42 bits per heavy atom. The fourth-order valence-corrected chi connectivity index (χ4v) is 5.90. The molecule has 1 fully saturated rings. The van der Waals surface area contributed by atoms with Crippen LogP contribution >= 0.6 is 0 Å². The molecule has 0 radical (unpaired) electrons. The Labute approximate surface area is 250 Å². The second kappa shape index (κ2) is 12.5.